The lowest BCUT2D eigenvalue weighted by molar-refractivity contribution is 0.608. The third-order valence-electron chi connectivity index (χ3n) is 1.36. The molecule has 2 aromatic heterocycles. The van der Waals surface area contributed by atoms with E-state index in [2.05, 4.69) is 0 Å². The minimum Gasteiger partial charge on any atom is -0.447 e. The highest BCUT2D eigenvalue weighted by molar-refractivity contribution is 5.38. The summed E-state index contributed by atoms with van der Waals surface area (Å²) in [7, 11) is 0. The van der Waals surface area contributed by atoms with Crippen LogP contribution in [0.5, 0.6) is 0 Å². The van der Waals surface area contributed by atoms with Crippen LogP contribution in [-0.4, -0.2) is 4.40 Å². The van der Waals surface area contributed by atoms with Crippen LogP contribution in [0.3, 0.4) is 0 Å². The number of hydrogen-bond acceptors (Lipinski definition) is 1. The molecule has 2 heteroatoms. The van der Waals surface area contributed by atoms with E-state index < -0.39 is 0 Å². The van der Waals surface area contributed by atoms with Crippen LogP contribution in [0, 0.1) is 6.92 Å². The zero-order chi connectivity index (χ0) is 6.27. The first-order valence-corrected chi connectivity index (χ1v) is 2.88. The minimum atomic E-state index is 0.910. The van der Waals surface area contributed by atoms with E-state index in [9.17, 15) is 0 Å². The normalized spacial score (nSPS) is 10.8. The highest BCUT2D eigenvalue weighted by atomic mass is 16.3. The zero-order valence-electron chi connectivity index (χ0n) is 5.16. The third-order valence-corrected chi connectivity index (χ3v) is 1.36. The van der Waals surface area contributed by atoms with E-state index in [1.807, 2.05) is 29.8 Å². The predicted octanol–water partition coefficient (Wildman–Crippen LogP) is 1.84. The van der Waals surface area contributed by atoms with Gasteiger partial charge in [-0.3, -0.25) is 4.40 Å². The molecule has 0 aromatic carbocycles. The van der Waals surface area contributed by atoms with E-state index in [1.54, 1.807) is 6.26 Å². The quantitative estimate of drug-likeness (QED) is 0.520. The van der Waals surface area contributed by atoms with Gasteiger partial charge in [0.05, 0.1) is 0 Å². The Balaban J connectivity index is 2.92. The van der Waals surface area contributed by atoms with Crippen molar-refractivity contribution < 1.29 is 4.42 Å². The Morgan fingerprint density at radius 1 is 1.56 bits per heavy atom. The van der Waals surface area contributed by atoms with Crippen LogP contribution < -0.4 is 0 Å². The van der Waals surface area contributed by atoms with Gasteiger partial charge in [-0.15, -0.1) is 0 Å². The molecular weight excluding hydrogens is 114 g/mol. The van der Waals surface area contributed by atoms with E-state index >= 15 is 0 Å². The van der Waals surface area contributed by atoms with Crippen molar-refractivity contribution in [3.63, 3.8) is 0 Å². The Labute approximate surface area is 52.7 Å². The summed E-state index contributed by atoms with van der Waals surface area (Å²) in [4.78, 5) is 0. The smallest absolute Gasteiger partial charge is 0.203 e. The first-order valence-electron chi connectivity index (χ1n) is 2.88. The SMILES string of the molecule is Cc1cc2occn2c1. The highest BCUT2D eigenvalue weighted by Gasteiger charge is 1.94. The molecule has 46 valence electrons. The van der Waals surface area contributed by atoms with Gasteiger partial charge in [0.2, 0.25) is 5.71 Å². The molecule has 0 spiro atoms. The largest absolute Gasteiger partial charge is 0.447 e. The van der Waals surface area contributed by atoms with Gasteiger partial charge in [0.15, 0.2) is 0 Å². The molecular formula is C7H7NO. The van der Waals surface area contributed by atoms with Gasteiger partial charge < -0.3 is 4.42 Å². The van der Waals surface area contributed by atoms with E-state index in [1.165, 1.54) is 5.56 Å². The van der Waals surface area contributed by atoms with Crippen LogP contribution in [0.2, 0.25) is 0 Å². The predicted molar refractivity (Wildman–Crippen MR) is 34.4 cm³/mol. The van der Waals surface area contributed by atoms with Crippen molar-refractivity contribution in [1.82, 2.24) is 4.40 Å². The van der Waals surface area contributed by atoms with Gasteiger partial charge in [0, 0.05) is 18.5 Å². The fourth-order valence-electron chi connectivity index (χ4n) is 0.967. The molecule has 2 nitrogen and oxygen atoms in total. The summed E-state index contributed by atoms with van der Waals surface area (Å²) in [6.07, 6.45) is 5.59. The topological polar surface area (TPSA) is 17.6 Å². The monoisotopic (exact) mass is 121 g/mol. The molecule has 0 fully saturated rings. The summed E-state index contributed by atoms with van der Waals surface area (Å²) in [5.41, 5.74) is 2.14. The second kappa shape index (κ2) is 1.41. The Hall–Kier alpha value is -1.18. The number of hydrogen-bond donors (Lipinski definition) is 0. The lowest BCUT2D eigenvalue weighted by Crippen LogP contribution is -1.66. The molecule has 2 aromatic rings. The fourth-order valence-corrected chi connectivity index (χ4v) is 0.967. The van der Waals surface area contributed by atoms with Gasteiger partial charge >= 0.3 is 0 Å². The highest BCUT2D eigenvalue weighted by Crippen LogP contribution is 2.08. The van der Waals surface area contributed by atoms with Crippen LogP contribution in [0.4, 0.5) is 0 Å². The van der Waals surface area contributed by atoms with Crippen molar-refractivity contribution >= 4 is 5.71 Å². The molecule has 0 aliphatic heterocycles. The minimum absolute atomic E-state index is 0.910. The maximum Gasteiger partial charge on any atom is 0.203 e. The van der Waals surface area contributed by atoms with E-state index in [-0.39, 0.29) is 0 Å². The summed E-state index contributed by atoms with van der Waals surface area (Å²) in [6.45, 7) is 2.04. The van der Waals surface area contributed by atoms with Gasteiger partial charge in [-0.1, -0.05) is 0 Å². The average molecular weight is 121 g/mol. The van der Waals surface area contributed by atoms with Crippen molar-refractivity contribution in [1.29, 1.82) is 0 Å². The van der Waals surface area contributed by atoms with E-state index in [4.69, 9.17) is 4.42 Å². The van der Waals surface area contributed by atoms with Crippen LogP contribution in [0.25, 0.3) is 5.71 Å². The van der Waals surface area contributed by atoms with Crippen molar-refractivity contribution in [2.75, 3.05) is 0 Å². The molecule has 9 heavy (non-hydrogen) atoms. The molecule has 0 amide bonds. The summed E-state index contributed by atoms with van der Waals surface area (Å²) < 4.78 is 7.06. The van der Waals surface area contributed by atoms with Gasteiger partial charge in [0.25, 0.3) is 0 Å². The average Bonchev–Trinajstić information content (AvgIpc) is 2.22. The third kappa shape index (κ3) is 0.560. The lowest BCUT2D eigenvalue weighted by atomic mass is 10.4. The maximum absolute atomic E-state index is 5.10. The first-order chi connectivity index (χ1) is 4.36. The fraction of sp³-hybridized carbons (Fsp3) is 0.143. The molecule has 0 aliphatic rings. The van der Waals surface area contributed by atoms with Crippen molar-refractivity contribution in [2.24, 2.45) is 0 Å². The summed E-state index contributed by atoms with van der Waals surface area (Å²) in [6, 6.07) is 2.00. The van der Waals surface area contributed by atoms with Gasteiger partial charge in [0.1, 0.15) is 6.26 Å². The molecule has 0 bridgehead atoms. The zero-order valence-corrected chi connectivity index (χ0v) is 5.16. The first kappa shape index (κ1) is 4.68. The summed E-state index contributed by atoms with van der Waals surface area (Å²) in [5, 5.41) is 0. The van der Waals surface area contributed by atoms with Crippen molar-refractivity contribution in [3.05, 3.63) is 30.3 Å². The van der Waals surface area contributed by atoms with Crippen LogP contribution in [0.15, 0.2) is 29.1 Å². The summed E-state index contributed by atoms with van der Waals surface area (Å²) in [5.74, 6) is 0. The number of aryl methyl sites for hydroxylation is 1. The second-order valence-corrected chi connectivity index (χ2v) is 2.17. The number of rotatable bonds is 0. The number of aromatic nitrogens is 1. The van der Waals surface area contributed by atoms with Gasteiger partial charge in [-0.25, -0.2) is 0 Å². The standard InChI is InChI=1S/C7H7NO/c1-6-4-7-8(5-6)2-3-9-7/h2-5H,1H3. The van der Waals surface area contributed by atoms with Gasteiger partial charge in [-0.05, 0) is 12.5 Å². The van der Waals surface area contributed by atoms with E-state index in [0.717, 1.165) is 5.71 Å². The molecule has 2 rings (SSSR count). The molecule has 0 unspecified atom stereocenters. The molecule has 0 atom stereocenters. The molecule has 0 N–H and O–H groups in total. The Bertz CT molecular complexity index is 290. The molecule has 0 saturated heterocycles. The summed E-state index contributed by atoms with van der Waals surface area (Å²) >= 11 is 0. The van der Waals surface area contributed by atoms with Crippen LogP contribution in [0.1, 0.15) is 5.56 Å². The molecule has 0 aliphatic carbocycles. The number of fused-ring (bicyclic) bond motifs is 1. The Kier molecular flexibility index (Phi) is 0.730. The maximum atomic E-state index is 5.10. The van der Waals surface area contributed by atoms with Crippen LogP contribution >= 0.6 is 0 Å². The van der Waals surface area contributed by atoms with Gasteiger partial charge in [-0.2, -0.15) is 0 Å². The number of nitrogens with zero attached hydrogens (tertiary/aromatic N) is 1. The Morgan fingerprint density at radius 3 is 3.22 bits per heavy atom. The number of oxazole rings is 1. The van der Waals surface area contributed by atoms with Crippen molar-refractivity contribution in [3.8, 4) is 0 Å². The molecule has 2 heterocycles. The van der Waals surface area contributed by atoms with Crippen LogP contribution in [-0.2, 0) is 0 Å². The van der Waals surface area contributed by atoms with Crippen molar-refractivity contribution in [2.45, 2.75) is 6.92 Å². The molecule has 0 saturated carbocycles. The molecule has 0 radical (unpaired) electrons. The van der Waals surface area contributed by atoms with E-state index in [0.29, 0.717) is 0 Å². The Morgan fingerprint density at radius 2 is 2.44 bits per heavy atom. The second-order valence-electron chi connectivity index (χ2n) is 2.17. The lowest BCUT2D eigenvalue weighted by Gasteiger charge is -1.73.